The van der Waals surface area contributed by atoms with Crippen LogP contribution in [0.2, 0.25) is 0 Å². The predicted octanol–water partition coefficient (Wildman–Crippen LogP) is 1.56. The van der Waals surface area contributed by atoms with E-state index in [4.69, 9.17) is 0 Å². The van der Waals surface area contributed by atoms with Crippen LogP contribution in [0.5, 0.6) is 0 Å². The molecule has 0 bridgehead atoms. The highest BCUT2D eigenvalue weighted by atomic mass is 19.4. The van der Waals surface area contributed by atoms with Gasteiger partial charge in [0.05, 0.1) is 5.56 Å². The number of amides is 2. The Morgan fingerprint density at radius 2 is 1.86 bits per heavy atom. The lowest BCUT2D eigenvalue weighted by atomic mass is 9.99. The van der Waals surface area contributed by atoms with Gasteiger partial charge in [-0.15, -0.1) is 6.58 Å². The lowest BCUT2D eigenvalue weighted by Crippen LogP contribution is -2.61. The Morgan fingerprint density at radius 1 is 1.18 bits per heavy atom. The lowest BCUT2D eigenvalue weighted by molar-refractivity contribution is -0.140. The molecule has 22 heavy (non-hydrogen) atoms. The number of halogens is 4. The third-order valence-corrected chi connectivity index (χ3v) is 3.26. The number of carbonyl (C=O) groups is 2. The smallest absolute Gasteiger partial charge is 0.342 e. The first-order chi connectivity index (χ1) is 10.2. The largest absolute Gasteiger partial charge is 0.419 e. The van der Waals surface area contributed by atoms with Crippen molar-refractivity contribution in [1.29, 1.82) is 0 Å². The minimum Gasteiger partial charge on any atom is -0.342 e. The molecule has 0 aromatic heterocycles. The normalized spacial score (nSPS) is 22.0. The number of nitrogens with one attached hydrogen (secondary N) is 2. The first-order valence-electron chi connectivity index (χ1n) is 6.32. The molecule has 2 N–H and O–H groups in total. The van der Waals surface area contributed by atoms with E-state index < -0.39 is 41.5 Å². The molecule has 118 valence electrons. The van der Waals surface area contributed by atoms with Gasteiger partial charge in [0.15, 0.2) is 0 Å². The van der Waals surface area contributed by atoms with Crippen LogP contribution in [-0.2, 0) is 22.2 Å². The molecule has 1 saturated heterocycles. The molecule has 0 saturated carbocycles. The van der Waals surface area contributed by atoms with Crippen LogP contribution in [-0.4, -0.2) is 23.9 Å². The van der Waals surface area contributed by atoms with Gasteiger partial charge in [0, 0.05) is 6.42 Å². The Morgan fingerprint density at radius 3 is 2.45 bits per heavy atom. The van der Waals surface area contributed by atoms with E-state index in [0.717, 1.165) is 12.1 Å². The van der Waals surface area contributed by atoms with Gasteiger partial charge in [-0.05, 0) is 11.6 Å². The van der Waals surface area contributed by atoms with E-state index >= 15 is 0 Å². The Bertz CT molecular complexity index is 628. The van der Waals surface area contributed by atoms with Crippen LogP contribution in [0.25, 0.3) is 0 Å². The third kappa shape index (κ3) is 3.10. The zero-order chi connectivity index (χ0) is 16.5. The topological polar surface area (TPSA) is 58.2 Å². The summed E-state index contributed by atoms with van der Waals surface area (Å²) in [6, 6.07) is 0.767. The molecule has 1 aliphatic heterocycles. The minimum atomic E-state index is -4.83. The number of benzene rings is 1. The highest BCUT2D eigenvalue weighted by molar-refractivity contribution is 5.98. The van der Waals surface area contributed by atoms with E-state index in [1.807, 2.05) is 0 Å². The Balaban J connectivity index is 2.23. The zero-order valence-electron chi connectivity index (χ0n) is 11.2. The van der Waals surface area contributed by atoms with Crippen LogP contribution in [0.4, 0.5) is 17.6 Å². The number of rotatable bonds is 3. The highest BCUT2D eigenvalue weighted by Gasteiger charge is 2.36. The molecule has 1 aliphatic rings. The van der Waals surface area contributed by atoms with Crippen molar-refractivity contribution in [3.8, 4) is 0 Å². The first kappa shape index (κ1) is 16.0. The molecule has 8 heteroatoms. The summed E-state index contributed by atoms with van der Waals surface area (Å²) in [5.41, 5.74) is -1.70. The molecule has 2 unspecified atom stereocenters. The second-order valence-electron chi connectivity index (χ2n) is 4.76. The minimum absolute atomic E-state index is 0.299. The molecule has 0 radical (unpaired) electrons. The summed E-state index contributed by atoms with van der Waals surface area (Å²) < 4.78 is 51.8. The van der Waals surface area contributed by atoms with E-state index in [1.54, 1.807) is 0 Å². The predicted molar refractivity (Wildman–Crippen MR) is 69.2 cm³/mol. The molecule has 1 aromatic carbocycles. The molecule has 0 aliphatic carbocycles. The van der Waals surface area contributed by atoms with E-state index in [1.165, 1.54) is 6.08 Å². The quantitative estimate of drug-likeness (QED) is 0.657. The fourth-order valence-corrected chi connectivity index (χ4v) is 2.13. The van der Waals surface area contributed by atoms with Gasteiger partial charge in [0.1, 0.15) is 17.9 Å². The molecule has 2 atom stereocenters. The Kier molecular flexibility index (Phi) is 4.20. The third-order valence-electron chi connectivity index (χ3n) is 3.26. The van der Waals surface area contributed by atoms with Gasteiger partial charge in [0.25, 0.3) is 0 Å². The molecule has 4 nitrogen and oxygen atoms in total. The van der Waals surface area contributed by atoms with Crippen molar-refractivity contribution < 1.29 is 27.2 Å². The molecule has 2 amide bonds. The lowest BCUT2D eigenvalue weighted by Gasteiger charge is -2.28. The Hall–Kier alpha value is -2.38. The SMILES string of the molecule is C=CC1NC(=O)C(Cc2cccc(C(F)(F)F)c2F)NC1=O. The van der Waals surface area contributed by atoms with Crippen molar-refractivity contribution >= 4 is 11.8 Å². The summed E-state index contributed by atoms with van der Waals surface area (Å²) in [5, 5.41) is 4.67. The van der Waals surface area contributed by atoms with E-state index in [2.05, 4.69) is 17.2 Å². The number of alkyl halides is 3. The fraction of sp³-hybridized carbons (Fsp3) is 0.286. The Labute approximate surface area is 123 Å². The van der Waals surface area contributed by atoms with Gasteiger partial charge in [-0.2, -0.15) is 13.2 Å². The van der Waals surface area contributed by atoms with Gasteiger partial charge in [-0.25, -0.2) is 4.39 Å². The maximum atomic E-state index is 13.9. The monoisotopic (exact) mass is 316 g/mol. The second-order valence-corrected chi connectivity index (χ2v) is 4.76. The zero-order valence-corrected chi connectivity index (χ0v) is 11.2. The number of hydrogen-bond acceptors (Lipinski definition) is 2. The van der Waals surface area contributed by atoms with Gasteiger partial charge < -0.3 is 10.6 Å². The maximum Gasteiger partial charge on any atom is 0.419 e. The van der Waals surface area contributed by atoms with Crippen LogP contribution >= 0.6 is 0 Å². The molecule has 1 fully saturated rings. The van der Waals surface area contributed by atoms with Crippen LogP contribution in [0.3, 0.4) is 0 Å². The maximum absolute atomic E-state index is 13.9. The van der Waals surface area contributed by atoms with Crippen molar-refractivity contribution in [3.63, 3.8) is 0 Å². The second kappa shape index (κ2) is 5.78. The molecular formula is C14H12F4N2O2. The van der Waals surface area contributed by atoms with Gasteiger partial charge in [-0.3, -0.25) is 9.59 Å². The molecular weight excluding hydrogens is 304 g/mol. The molecule has 0 spiro atoms. The van der Waals surface area contributed by atoms with Crippen molar-refractivity contribution in [2.45, 2.75) is 24.7 Å². The van der Waals surface area contributed by atoms with E-state index in [-0.39, 0.29) is 12.0 Å². The van der Waals surface area contributed by atoms with Crippen molar-refractivity contribution in [1.82, 2.24) is 10.6 Å². The van der Waals surface area contributed by atoms with Gasteiger partial charge in [0.2, 0.25) is 11.8 Å². The summed E-state index contributed by atoms with van der Waals surface area (Å²) in [4.78, 5) is 23.4. The van der Waals surface area contributed by atoms with Gasteiger partial charge in [-0.1, -0.05) is 18.2 Å². The van der Waals surface area contributed by atoms with E-state index in [0.29, 0.717) is 6.07 Å². The average Bonchev–Trinajstić information content (AvgIpc) is 2.43. The van der Waals surface area contributed by atoms with Crippen LogP contribution < -0.4 is 10.6 Å². The standard InChI is InChI=1S/C14H12F4N2O2/c1-2-9-12(21)20-10(13(22)19-9)6-7-4-3-5-8(11(7)15)14(16,17)18/h2-5,9-10H,1,6H2,(H,19,22)(H,20,21). The summed E-state index contributed by atoms with van der Waals surface area (Å²) in [6.45, 7) is 3.37. The van der Waals surface area contributed by atoms with Crippen LogP contribution in [0.15, 0.2) is 30.9 Å². The van der Waals surface area contributed by atoms with Crippen LogP contribution in [0.1, 0.15) is 11.1 Å². The van der Waals surface area contributed by atoms with E-state index in [9.17, 15) is 27.2 Å². The first-order valence-corrected chi connectivity index (χ1v) is 6.32. The van der Waals surface area contributed by atoms with Crippen molar-refractivity contribution in [2.24, 2.45) is 0 Å². The summed E-state index contributed by atoms with van der Waals surface area (Å²) in [5.74, 6) is -2.60. The summed E-state index contributed by atoms with van der Waals surface area (Å²) in [7, 11) is 0. The van der Waals surface area contributed by atoms with Crippen molar-refractivity contribution in [3.05, 3.63) is 47.8 Å². The fourth-order valence-electron chi connectivity index (χ4n) is 2.13. The van der Waals surface area contributed by atoms with Crippen LogP contribution in [0, 0.1) is 5.82 Å². The molecule has 2 rings (SSSR count). The number of carbonyl (C=O) groups excluding carboxylic acids is 2. The summed E-state index contributed by atoms with van der Waals surface area (Å²) in [6.07, 6.45) is -3.99. The number of hydrogen-bond donors (Lipinski definition) is 2. The van der Waals surface area contributed by atoms with Crippen molar-refractivity contribution in [2.75, 3.05) is 0 Å². The summed E-state index contributed by atoms with van der Waals surface area (Å²) >= 11 is 0. The average molecular weight is 316 g/mol. The van der Waals surface area contributed by atoms with Gasteiger partial charge >= 0.3 is 6.18 Å². The molecule has 1 heterocycles. The molecule has 1 aromatic rings. The highest BCUT2D eigenvalue weighted by Crippen LogP contribution is 2.32. The number of piperazine rings is 1.